The Hall–Kier alpha value is -1.84. The number of nitrogens with one attached hydrogen (secondary N) is 1. The highest BCUT2D eigenvalue weighted by Gasteiger charge is 2.16. The third kappa shape index (κ3) is 4.57. The summed E-state index contributed by atoms with van der Waals surface area (Å²) in [5, 5.41) is 2.81. The number of carbonyl (C=O) groups excluding carboxylic acids is 2. The van der Waals surface area contributed by atoms with Crippen LogP contribution in [-0.2, 0) is 16.1 Å². The molecule has 0 aromatic heterocycles. The third-order valence-electron chi connectivity index (χ3n) is 2.67. The SMILES string of the molecule is CC(=O)N(CC(=O)NCc1ccccc1)C(C)C. The molecule has 1 aromatic carbocycles. The van der Waals surface area contributed by atoms with Crippen molar-refractivity contribution in [3.8, 4) is 0 Å². The van der Waals surface area contributed by atoms with Crippen molar-refractivity contribution in [2.75, 3.05) is 6.54 Å². The first-order valence-corrected chi connectivity index (χ1v) is 6.08. The van der Waals surface area contributed by atoms with Crippen molar-refractivity contribution in [2.24, 2.45) is 0 Å². The summed E-state index contributed by atoms with van der Waals surface area (Å²) in [5.41, 5.74) is 1.05. The molecule has 0 aliphatic carbocycles. The minimum atomic E-state index is -0.136. The highest BCUT2D eigenvalue weighted by molar-refractivity contribution is 5.83. The molecule has 4 nitrogen and oxygen atoms in total. The second-order valence-electron chi connectivity index (χ2n) is 4.50. The van der Waals surface area contributed by atoms with Crippen molar-refractivity contribution < 1.29 is 9.59 Å². The third-order valence-corrected chi connectivity index (χ3v) is 2.67. The summed E-state index contributed by atoms with van der Waals surface area (Å²) in [5.74, 6) is -0.220. The molecule has 0 saturated heterocycles. The average molecular weight is 248 g/mol. The molecule has 1 rings (SSSR count). The second-order valence-corrected chi connectivity index (χ2v) is 4.50. The molecule has 0 bridgehead atoms. The van der Waals surface area contributed by atoms with Crippen LogP contribution in [0.4, 0.5) is 0 Å². The molecule has 0 unspecified atom stereocenters. The maximum Gasteiger partial charge on any atom is 0.239 e. The summed E-state index contributed by atoms with van der Waals surface area (Å²) in [7, 11) is 0. The van der Waals surface area contributed by atoms with Crippen LogP contribution in [0.5, 0.6) is 0 Å². The summed E-state index contributed by atoms with van der Waals surface area (Å²) >= 11 is 0. The number of hydrogen-bond acceptors (Lipinski definition) is 2. The van der Waals surface area contributed by atoms with Crippen LogP contribution in [0.1, 0.15) is 26.3 Å². The quantitative estimate of drug-likeness (QED) is 0.859. The van der Waals surface area contributed by atoms with Gasteiger partial charge in [-0.1, -0.05) is 30.3 Å². The normalized spacial score (nSPS) is 10.2. The number of amides is 2. The van der Waals surface area contributed by atoms with E-state index in [9.17, 15) is 9.59 Å². The van der Waals surface area contributed by atoms with Crippen LogP contribution in [0.25, 0.3) is 0 Å². The Morgan fingerprint density at radius 2 is 1.83 bits per heavy atom. The summed E-state index contributed by atoms with van der Waals surface area (Å²) in [4.78, 5) is 24.6. The van der Waals surface area contributed by atoms with E-state index in [2.05, 4.69) is 5.32 Å². The molecule has 98 valence electrons. The molecule has 0 saturated carbocycles. The Bertz CT molecular complexity index is 402. The number of rotatable bonds is 5. The molecular formula is C14H20N2O2. The Balaban J connectivity index is 2.44. The first kappa shape index (κ1) is 14.2. The number of nitrogens with zero attached hydrogens (tertiary/aromatic N) is 1. The second kappa shape index (κ2) is 6.79. The van der Waals surface area contributed by atoms with Gasteiger partial charge in [-0.3, -0.25) is 9.59 Å². The molecule has 4 heteroatoms. The zero-order valence-electron chi connectivity index (χ0n) is 11.1. The van der Waals surface area contributed by atoms with Gasteiger partial charge in [0.05, 0.1) is 6.54 Å². The standard InChI is InChI=1S/C14H20N2O2/c1-11(2)16(12(3)17)10-14(18)15-9-13-7-5-4-6-8-13/h4-8,11H,9-10H2,1-3H3,(H,15,18). The predicted octanol–water partition coefficient (Wildman–Crippen LogP) is 1.56. The average Bonchev–Trinajstić information content (AvgIpc) is 2.34. The molecule has 1 aromatic rings. The first-order chi connectivity index (χ1) is 8.50. The van der Waals surface area contributed by atoms with Crippen molar-refractivity contribution in [3.63, 3.8) is 0 Å². The van der Waals surface area contributed by atoms with E-state index < -0.39 is 0 Å². The van der Waals surface area contributed by atoms with Gasteiger partial charge in [-0.2, -0.15) is 0 Å². The van der Waals surface area contributed by atoms with E-state index in [-0.39, 0.29) is 24.4 Å². The molecule has 2 amide bonds. The molecule has 0 radical (unpaired) electrons. The lowest BCUT2D eigenvalue weighted by molar-refractivity contribution is -0.136. The minimum Gasteiger partial charge on any atom is -0.350 e. The highest BCUT2D eigenvalue weighted by atomic mass is 16.2. The van der Waals surface area contributed by atoms with E-state index in [4.69, 9.17) is 0 Å². The van der Waals surface area contributed by atoms with Crippen molar-refractivity contribution in [1.82, 2.24) is 10.2 Å². The van der Waals surface area contributed by atoms with Crippen LogP contribution in [-0.4, -0.2) is 29.3 Å². The number of benzene rings is 1. The van der Waals surface area contributed by atoms with Gasteiger partial charge in [0.1, 0.15) is 0 Å². The van der Waals surface area contributed by atoms with Crippen LogP contribution in [0.15, 0.2) is 30.3 Å². The minimum absolute atomic E-state index is 0.0324. The fraction of sp³-hybridized carbons (Fsp3) is 0.429. The van der Waals surface area contributed by atoms with Crippen molar-refractivity contribution in [1.29, 1.82) is 0 Å². The fourth-order valence-corrected chi connectivity index (χ4v) is 1.66. The van der Waals surface area contributed by atoms with Gasteiger partial charge in [-0.05, 0) is 19.4 Å². The van der Waals surface area contributed by atoms with Gasteiger partial charge >= 0.3 is 0 Å². The lowest BCUT2D eigenvalue weighted by Crippen LogP contribution is -2.43. The molecule has 0 fully saturated rings. The Labute approximate surface area is 108 Å². The molecule has 0 aliphatic rings. The predicted molar refractivity (Wildman–Crippen MR) is 70.8 cm³/mol. The van der Waals surface area contributed by atoms with Crippen molar-refractivity contribution in [2.45, 2.75) is 33.4 Å². The summed E-state index contributed by atoms with van der Waals surface area (Å²) in [6, 6.07) is 9.72. The lowest BCUT2D eigenvalue weighted by Gasteiger charge is -2.24. The summed E-state index contributed by atoms with van der Waals surface area (Å²) in [6.45, 7) is 5.87. The zero-order valence-corrected chi connectivity index (χ0v) is 11.1. The fourth-order valence-electron chi connectivity index (χ4n) is 1.66. The monoisotopic (exact) mass is 248 g/mol. The number of carbonyl (C=O) groups is 2. The first-order valence-electron chi connectivity index (χ1n) is 6.08. The van der Waals surface area contributed by atoms with Gasteiger partial charge in [0, 0.05) is 19.5 Å². The van der Waals surface area contributed by atoms with Crippen LogP contribution < -0.4 is 5.32 Å². The molecular weight excluding hydrogens is 228 g/mol. The molecule has 18 heavy (non-hydrogen) atoms. The van der Waals surface area contributed by atoms with E-state index in [0.717, 1.165) is 5.56 Å². The maximum absolute atomic E-state index is 11.7. The van der Waals surface area contributed by atoms with Crippen LogP contribution in [0, 0.1) is 0 Å². The largest absolute Gasteiger partial charge is 0.350 e. The lowest BCUT2D eigenvalue weighted by atomic mass is 10.2. The topological polar surface area (TPSA) is 49.4 Å². The maximum atomic E-state index is 11.7. The van der Waals surface area contributed by atoms with Gasteiger partial charge in [0.15, 0.2) is 0 Å². The smallest absolute Gasteiger partial charge is 0.239 e. The highest BCUT2D eigenvalue weighted by Crippen LogP contribution is 2.00. The number of hydrogen-bond donors (Lipinski definition) is 1. The van der Waals surface area contributed by atoms with Crippen LogP contribution >= 0.6 is 0 Å². The molecule has 0 atom stereocenters. The van der Waals surface area contributed by atoms with Gasteiger partial charge in [0.25, 0.3) is 0 Å². The van der Waals surface area contributed by atoms with Gasteiger partial charge in [0.2, 0.25) is 11.8 Å². The van der Waals surface area contributed by atoms with E-state index in [1.165, 1.54) is 6.92 Å². The Morgan fingerprint density at radius 1 is 1.22 bits per heavy atom. The Morgan fingerprint density at radius 3 is 2.33 bits per heavy atom. The van der Waals surface area contributed by atoms with E-state index in [1.54, 1.807) is 4.90 Å². The van der Waals surface area contributed by atoms with E-state index in [1.807, 2.05) is 44.2 Å². The summed E-state index contributed by atoms with van der Waals surface area (Å²) in [6.07, 6.45) is 0. The zero-order chi connectivity index (χ0) is 13.5. The van der Waals surface area contributed by atoms with E-state index >= 15 is 0 Å². The molecule has 0 aliphatic heterocycles. The van der Waals surface area contributed by atoms with Crippen molar-refractivity contribution >= 4 is 11.8 Å². The van der Waals surface area contributed by atoms with Gasteiger partial charge < -0.3 is 10.2 Å². The molecule has 0 heterocycles. The summed E-state index contributed by atoms with van der Waals surface area (Å²) < 4.78 is 0. The van der Waals surface area contributed by atoms with Crippen LogP contribution in [0.3, 0.4) is 0 Å². The molecule has 1 N–H and O–H groups in total. The van der Waals surface area contributed by atoms with Crippen LogP contribution in [0.2, 0.25) is 0 Å². The van der Waals surface area contributed by atoms with Crippen molar-refractivity contribution in [3.05, 3.63) is 35.9 Å². The Kier molecular flexibility index (Phi) is 5.36. The van der Waals surface area contributed by atoms with Gasteiger partial charge in [-0.15, -0.1) is 0 Å². The molecule has 0 spiro atoms. The van der Waals surface area contributed by atoms with Gasteiger partial charge in [-0.25, -0.2) is 0 Å². The van der Waals surface area contributed by atoms with E-state index in [0.29, 0.717) is 6.54 Å².